The first-order chi connectivity index (χ1) is 11.8. The summed E-state index contributed by atoms with van der Waals surface area (Å²) in [6, 6.07) is 6.09. The molecule has 25 heavy (non-hydrogen) atoms. The summed E-state index contributed by atoms with van der Waals surface area (Å²) in [5.74, 6) is -1.42. The molecule has 0 aliphatic carbocycles. The highest BCUT2D eigenvalue weighted by molar-refractivity contribution is 5.87. The number of benzene rings is 1. The molecule has 0 aromatic heterocycles. The standard InChI is InChI=1S/C17H20O8/c1-9-14(21)15(24-10(2)18)16(17(22)23-9)25-13(20)8-5-11-3-6-12(19)7-4-11/h3-9,14-17,19,21-22H,1-2H3. The third-order valence-corrected chi connectivity index (χ3v) is 3.64. The minimum atomic E-state index is -1.55. The SMILES string of the molecule is CC(=O)OC1C(O)C(C)OC(O)C1OC(=O)C=Cc1ccc(O)cc1. The van der Waals surface area contributed by atoms with Gasteiger partial charge < -0.3 is 29.5 Å². The van der Waals surface area contributed by atoms with Crippen molar-refractivity contribution in [2.24, 2.45) is 0 Å². The summed E-state index contributed by atoms with van der Waals surface area (Å²) in [5.41, 5.74) is 0.639. The van der Waals surface area contributed by atoms with E-state index in [0.29, 0.717) is 5.56 Å². The molecule has 1 aliphatic heterocycles. The van der Waals surface area contributed by atoms with Crippen LogP contribution in [0.25, 0.3) is 6.08 Å². The summed E-state index contributed by atoms with van der Waals surface area (Å²) in [4.78, 5) is 23.2. The number of rotatable bonds is 4. The highest BCUT2D eigenvalue weighted by atomic mass is 16.7. The smallest absolute Gasteiger partial charge is 0.331 e. The zero-order valence-electron chi connectivity index (χ0n) is 13.7. The molecule has 1 aromatic rings. The van der Waals surface area contributed by atoms with Gasteiger partial charge in [0.2, 0.25) is 0 Å². The number of phenols is 1. The number of aliphatic hydroxyl groups excluding tert-OH is 2. The molecule has 8 heteroatoms. The Balaban J connectivity index is 2.07. The fraction of sp³-hybridized carbons (Fsp3) is 0.412. The summed E-state index contributed by atoms with van der Waals surface area (Å²) in [6.07, 6.45) is -3.68. The maximum absolute atomic E-state index is 12.0. The van der Waals surface area contributed by atoms with E-state index in [2.05, 4.69) is 0 Å². The highest BCUT2D eigenvalue weighted by Crippen LogP contribution is 2.25. The van der Waals surface area contributed by atoms with Crippen molar-refractivity contribution >= 4 is 18.0 Å². The second kappa shape index (κ2) is 8.11. The van der Waals surface area contributed by atoms with Crippen LogP contribution in [0.3, 0.4) is 0 Å². The maximum atomic E-state index is 12.0. The molecular weight excluding hydrogens is 332 g/mol. The lowest BCUT2D eigenvalue weighted by molar-refractivity contribution is -0.284. The largest absolute Gasteiger partial charge is 0.508 e. The number of hydrogen-bond donors (Lipinski definition) is 3. The Morgan fingerprint density at radius 1 is 1.12 bits per heavy atom. The quantitative estimate of drug-likeness (QED) is 0.524. The molecule has 8 nitrogen and oxygen atoms in total. The zero-order chi connectivity index (χ0) is 18.6. The summed E-state index contributed by atoms with van der Waals surface area (Å²) in [6.45, 7) is 2.63. The molecule has 1 fully saturated rings. The number of esters is 2. The first kappa shape index (κ1) is 18.9. The van der Waals surface area contributed by atoms with E-state index in [1.54, 1.807) is 12.1 Å². The monoisotopic (exact) mass is 352 g/mol. The first-order valence-electron chi connectivity index (χ1n) is 7.64. The molecule has 5 unspecified atom stereocenters. The second-order valence-electron chi connectivity index (χ2n) is 5.62. The summed E-state index contributed by atoms with van der Waals surface area (Å²) < 4.78 is 15.2. The van der Waals surface area contributed by atoms with E-state index < -0.39 is 42.6 Å². The van der Waals surface area contributed by atoms with Crippen LogP contribution in [-0.4, -0.2) is 58.0 Å². The van der Waals surface area contributed by atoms with Gasteiger partial charge in [-0.1, -0.05) is 12.1 Å². The number of hydrogen-bond acceptors (Lipinski definition) is 8. The summed E-state index contributed by atoms with van der Waals surface area (Å²) in [5, 5.41) is 29.2. The average Bonchev–Trinajstić information content (AvgIpc) is 2.55. The number of aromatic hydroxyl groups is 1. The van der Waals surface area contributed by atoms with Gasteiger partial charge in [0.25, 0.3) is 0 Å². The molecule has 1 aromatic carbocycles. The predicted molar refractivity (Wildman–Crippen MR) is 85.1 cm³/mol. The minimum absolute atomic E-state index is 0.0922. The molecule has 1 heterocycles. The molecule has 0 amide bonds. The number of carbonyl (C=O) groups is 2. The van der Waals surface area contributed by atoms with Crippen molar-refractivity contribution in [3.8, 4) is 5.75 Å². The van der Waals surface area contributed by atoms with Gasteiger partial charge in [-0.25, -0.2) is 4.79 Å². The Kier molecular flexibility index (Phi) is 6.13. The molecule has 136 valence electrons. The Morgan fingerprint density at radius 3 is 2.36 bits per heavy atom. The predicted octanol–water partition coefficient (Wildman–Crippen LogP) is 0.347. The van der Waals surface area contributed by atoms with E-state index in [1.165, 1.54) is 25.1 Å². The molecule has 0 saturated carbocycles. The molecule has 2 rings (SSSR count). The summed E-state index contributed by atoms with van der Waals surface area (Å²) in [7, 11) is 0. The van der Waals surface area contributed by atoms with E-state index in [1.807, 2.05) is 0 Å². The van der Waals surface area contributed by atoms with Crippen molar-refractivity contribution in [3.05, 3.63) is 35.9 Å². The van der Waals surface area contributed by atoms with E-state index in [0.717, 1.165) is 13.0 Å². The number of phenolic OH excluding ortho intramolecular Hbond substituents is 1. The van der Waals surface area contributed by atoms with E-state index in [9.17, 15) is 24.9 Å². The first-order valence-corrected chi connectivity index (χ1v) is 7.64. The molecule has 0 radical (unpaired) electrons. The van der Waals surface area contributed by atoms with Crippen LogP contribution in [0.2, 0.25) is 0 Å². The normalized spacial score (nSPS) is 29.4. The Morgan fingerprint density at radius 2 is 1.76 bits per heavy atom. The van der Waals surface area contributed by atoms with Gasteiger partial charge in [-0.15, -0.1) is 0 Å². The van der Waals surface area contributed by atoms with Crippen LogP contribution < -0.4 is 0 Å². The van der Waals surface area contributed by atoms with Crippen LogP contribution >= 0.6 is 0 Å². The molecule has 1 aliphatic rings. The van der Waals surface area contributed by atoms with Crippen LogP contribution in [0.4, 0.5) is 0 Å². The van der Waals surface area contributed by atoms with Crippen LogP contribution in [0, 0.1) is 0 Å². The highest BCUT2D eigenvalue weighted by Gasteiger charge is 2.47. The third kappa shape index (κ3) is 5.02. The second-order valence-corrected chi connectivity index (χ2v) is 5.62. The number of aliphatic hydroxyl groups is 2. The van der Waals surface area contributed by atoms with Crippen LogP contribution in [-0.2, 0) is 23.8 Å². The zero-order valence-corrected chi connectivity index (χ0v) is 13.7. The molecule has 3 N–H and O–H groups in total. The Labute approximate surface area is 144 Å². The Bertz CT molecular complexity index is 639. The molecule has 0 bridgehead atoms. The molecule has 5 atom stereocenters. The molecule has 0 spiro atoms. The topological polar surface area (TPSA) is 123 Å². The van der Waals surface area contributed by atoms with Gasteiger partial charge in [0.15, 0.2) is 18.5 Å². The van der Waals surface area contributed by atoms with E-state index >= 15 is 0 Å². The maximum Gasteiger partial charge on any atom is 0.331 e. The van der Waals surface area contributed by atoms with Gasteiger partial charge in [0.1, 0.15) is 11.9 Å². The van der Waals surface area contributed by atoms with Crippen LogP contribution in [0.15, 0.2) is 30.3 Å². The lowest BCUT2D eigenvalue weighted by atomic mass is 9.99. The average molecular weight is 352 g/mol. The summed E-state index contributed by atoms with van der Waals surface area (Å²) >= 11 is 0. The van der Waals surface area contributed by atoms with Gasteiger partial charge in [0, 0.05) is 13.0 Å². The van der Waals surface area contributed by atoms with Crippen molar-refractivity contribution in [1.82, 2.24) is 0 Å². The van der Waals surface area contributed by atoms with Crippen LogP contribution in [0.5, 0.6) is 5.75 Å². The van der Waals surface area contributed by atoms with Crippen molar-refractivity contribution in [2.75, 3.05) is 0 Å². The fourth-order valence-corrected chi connectivity index (χ4v) is 2.38. The third-order valence-electron chi connectivity index (χ3n) is 3.64. The van der Waals surface area contributed by atoms with Gasteiger partial charge in [-0.05, 0) is 30.7 Å². The van der Waals surface area contributed by atoms with Crippen molar-refractivity contribution in [1.29, 1.82) is 0 Å². The molecular formula is C17H20O8. The van der Waals surface area contributed by atoms with Gasteiger partial charge in [-0.2, -0.15) is 0 Å². The van der Waals surface area contributed by atoms with Gasteiger partial charge in [0.05, 0.1) is 6.10 Å². The van der Waals surface area contributed by atoms with Crippen molar-refractivity contribution in [2.45, 2.75) is 44.6 Å². The Hall–Kier alpha value is -2.42. The lowest BCUT2D eigenvalue weighted by Crippen LogP contribution is -2.59. The van der Waals surface area contributed by atoms with Gasteiger partial charge in [-0.3, -0.25) is 4.79 Å². The van der Waals surface area contributed by atoms with Crippen LogP contribution in [0.1, 0.15) is 19.4 Å². The molecule has 1 saturated heterocycles. The van der Waals surface area contributed by atoms with Crippen molar-refractivity contribution in [3.63, 3.8) is 0 Å². The minimum Gasteiger partial charge on any atom is -0.508 e. The number of carbonyl (C=O) groups excluding carboxylic acids is 2. The fourth-order valence-electron chi connectivity index (χ4n) is 2.38. The lowest BCUT2D eigenvalue weighted by Gasteiger charge is -2.40. The number of ether oxygens (including phenoxy) is 3. The van der Waals surface area contributed by atoms with E-state index in [4.69, 9.17) is 14.2 Å². The van der Waals surface area contributed by atoms with Gasteiger partial charge >= 0.3 is 11.9 Å². The van der Waals surface area contributed by atoms with Crippen molar-refractivity contribution < 1.29 is 39.1 Å². The van der Waals surface area contributed by atoms with E-state index in [-0.39, 0.29) is 5.75 Å².